The van der Waals surface area contributed by atoms with E-state index in [1.807, 2.05) is 19.1 Å². The molecule has 0 aliphatic carbocycles. The molecule has 2 aromatic carbocycles. The van der Waals surface area contributed by atoms with Crippen molar-refractivity contribution in [2.45, 2.75) is 13.0 Å². The van der Waals surface area contributed by atoms with Gasteiger partial charge in [0, 0.05) is 10.6 Å². The number of amides is 1. The number of nitrogens with zero attached hydrogens (tertiary/aromatic N) is 1. The Bertz CT molecular complexity index is 851. The van der Waals surface area contributed by atoms with E-state index in [2.05, 4.69) is 11.4 Å². The first kappa shape index (κ1) is 16.1. The molecule has 0 saturated heterocycles. The minimum atomic E-state index is -0.183. The normalized spacial score (nSPS) is 13.8. The molecule has 5 heteroatoms. The molecule has 0 spiro atoms. The topological polar surface area (TPSA) is 62.1 Å². The van der Waals surface area contributed by atoms with Gasteiger partial charge in [-0.15, -0.1) is 0 Å². The van der Waals surface area contributed by atoms with Crippen molar-refractivity contribution in [2.24, 2.45) is 0 Å². The fourth-order valence-corrected chi connectivity index (χ4v) is 2.68. The highest BCUT2D eigenvalue weighted by atomic mass is 35.5. The summed E-state index contributed by atoms with van der Waals surface area (Å²) in [5, 5.41) is 12.4. The van der Waals surface area contributed by atoms with Crippen LogP contribution in [0.1, 0.15) is 29.7 Å². The van der Waals surface area contributed by atoms with E-state index in [1.54, 1.807) is 36.4 Å². The average Bonchev–Trinajstić information content (AvgIpc) is 2.61. The maximum absolute atomic E-state index is 12.5. The van der Waals surface area contributed by atoms with Crippen LogP contribution in [-0.2, 0) is 4.79 Å². The fourth-order valence-electron chi connectivity index (χ4n) is 2.50. The molecule has 1 amide bonds. The number of halogens is 1. The highest BCUT2D eigenvalue weighted by Gasteiger charge is 2.19. The number of nitriles is 1. The Morgan fingerprint density at radius 3 is 2.75 bits per heavy atom. The maximum atomic E-state index is 12.5. The summed E-state index contributed by atoms with van der Waals surface area (Å²) in [6.07, 6.45) is 1.80. The van der Waals surface area contributed by atoms with Crippen molar-refractivity contribution in [2.75, 3.05) is 6.61 Å². The van der Waals surface area contributed by atoms with Crippen molar-refractivity contribution in [3.05, 3.63) is 69.8 Å². The molecule has 1 atom stereocenters. The summed E-state index contributed by atoms with van der Waals surface area (Å²) in [5.74, 6) is 0.536. The van der Waals surface area contributed by atoms with Crippen molar-refractivity contribution < 1.29 is 9.53 Å². The first-order valence-corrected chi connectivity index (χ1v) is 7.88. The molecule has 1 aliphatic rings. The van der Waals surface area contributed by atoms with Gasteiger partial charge in [0.25, 0.3) is 5.91 Å². The molecular weight excluding hydrogens is 324 g/mol. The van der Waals surface area contributed by atoms with E-state index < -0.39 is 0 Å². The molecule has 120 valence electrons. The number of hydrogen-bond acceptors (Lipinski definition) is 3. The lowest BCUT2D eigenvalue weighted by molar-refractivity contribution is -0.118. The average molecular weight is 339 g/mol. The fraction of sp³-hybridized carbons (Fsp3) is 0.158. The molecule has 1 unspecified atom stereocenters. The van der Waals surface area contributed by atoms with Gasteiger partial charge in [0.2, 0.25) is 0 Å². The van der Waals surface area contributed by atoms with Gasteiger partial charge < -0.3 is 10.1 Å². The molecule has 0 bridgehead atoms. The Morgan fingerprint density at radius 2 is 2.04 bits per heavy atom. The molecule has 1 heterocycles. The Balaban J connectivity index is 1.74. The number of fused-ring (bicyclic) bond motifs is 1. The SMILES string of the molecule is CC(NC(=O)C1=Cc2cc(Cl)ccc2OC1)c1ccc(C#N)cc1. The van der Waals surface area contributed by atoms with E-state index in [4.69, 9.17) is 21.6 Å². The summed E-state index contributed by atoms with van der Waals surface area (Å²) in [7, 11) is 0. The van der Waals surface area contributed by atoms with Crippen molar-refractivity contribution in [3.8, 4) is 11.8 Å². The van der Waals surface area contributed by atoms with Gasteiger partial charge in [0.15, 0.2) is 0 Å². The number of carbonyl (C=O) groups excluding carboxylic acids is 1. The van der Waals surface area contributed by atoms with Crippen LogP contribution in [0.15, 0.2) is 48.0 Å². The monoisotopic (exact) mass is 338 g/mol. The number of carbonyl (C=O) groups is 1. The lowest BCUT2D eigenvalue weighted by Gasteiger charge is -2.20. The number of ether oxygens (including phenoxy) is 1. The van der Waals surface area contributed by atoms with E-state index >= 15 is 0 Å². The van der Waals surface area contributed by atoms with E-state index in [0.717, 1.165) is 16.9 Å². The minimum absolute atomic E-state index is 0.174. The number of hydrogen-bond donors (Lipinski definition) is 1. The number of benzene rings is 2. The highest BCUT2D eigenvalue weighted by Crippen LogP contribution is 2.29. The summed E-state index contributed by atoms with van der Waals surface area (Å²) in [5.41, 5.74) is 2.87. The predicted molar refractivity (Wildman–Crippen MR) is 92.6 cm³/mol. The van der Waals surface area contributed by atoms with Crippen LogP contribution in [0.3, 0.4) is 0 Å². The maximum Gasteiger partial charge on any atom is 0.251 e. The van der Waals surface area contributed by atoms with Gasteiger partial charge in [-0.3, -0.25) is 4.79 Å². The molecule has 0 aromatic heterocycles. The van der Waals surface area contributed by atoms with Crippen molar-refractivity contribution in [3.63, 3.8) is 0 Å². The molecule has 2 aromatic rings. The van der Waals surface area contributed by atoms with E-state index in [9.17, 15) is 4.79 Å². The molecule has 4 nitrogen and oxygen atoms in total. The molecule has 1 N–H and O–H groups in total. The van der Waals surface area contributed by atoms with Gasteiger partial charge in [-0.2, -0.15) is 5.26 Å². The third-order valence-electron chi connectivity index (χ3n) is 3.86. The van der Waals surface area contributed by atoms with Crippen LogP contribution in [0.4, 0.5) is 0 Å². The number of nitrogens with one attached hydrogen (secondary N) is 1. The van der Waals surface area contributed by atoms with Crippen molar-refractivity contribution in [1.29, 1.82) is 5.26 Å². The lowest BCUT2D eigenvalue weighted by Crippen LogP contribution is -2.30. The van der Waals surface area contributed by atoms with Gasteiger partial charge in [0.1, 0.15) is 12.4 Å². The molecule has 0 saturated carbocycles. The molecule has 1 aliphatic heterocycles. The summed E-state index contributed by atoms with van der Waals surface area (Å²) in [6, 6.07) is 14.4. The van der Waals surface area contributed by atoms with Crippen molar-refractivity contribution >= 4 is 23.6 Å². The summed E-state index contributed by atoms with van der Waals surface area (Å²) >= 11 is 5.98. The Labute approximate surface area is 145 Å². The zero-order valence-electron chi connectivity index (χ0n) is 13.0. The smallest absolute Gasteiger partial charge is 0.251 e. The molecule has 3 rings (SSSR count). The molecular formula is C19H15ClN2O2. The van der Waals surface area contributed by atoms with Gasteiger partial charge >= 0.3 is 0 Å². The van der Waals surface area contributed by atoms with E-state index in [-0.39, 0.29) is 18.6 Å². The Morgan fingerprint density at radius 1 is 1.29 bits per heavy atom. The summed E-state index contributed by atoms with van der Waals surface area (Å²) < 4.78 is 5.61. The third-order valence-corrected chi connectivity index (χ3v) is 4.10. The second-order valence-electron chi connectivity index (χ2n) is 5.57. The first-order chi connectivity index (χ1) is 11.6. The van der Waals surface area contributed by atoms with Crippen LogP contribution in [0.2, 0.25) is 5.02 Å². The standard InChI is InChI=1S/C19H15ClN2O2/c1-12(14-4-2-13(10-21)3-5-14)22-19(23)16-8-15-9-17(20)6-7-18(15)24-11-16/h2-9,12H,11H2,1H3,(H,22,23). The zero-order chi connectivity index (χ0) is 17.1. The predicted octanol–water partition coefficient (Wildman–Crippen LogP) is 3.86. The van der Waals surface area contributed by atoms with E-state index in [0.29, 0.717) is 16.2 Å². The van der Waals surface area contributed by atoms with E-state index in [1.165, 1.54) is 0 Å². The number of rotatable bonds is 3. The van der Waals surface area contributed by atoms with Crippen LogP contribution in [0, 0.1) is 11.3 Å². The van der Waals surface area contributed by atoms with Gasteiger partial charge in [-0.05, 0) is 48.9 Å². The Hall–Kier alpha value is -2.77. The Kier molecular flexibility index (Phi) is 4.54. The van der Waals surface area contributed by atoms with Gasteiger partial charge in [-0.25, -0.2) is 0 Å². The second-order valence-corrected chi connectivity index (χ2v) is 6.01. The third kappa shape index (κ3) is 3.42. The minimum Gasteiger partial charge on any atom is -0.488 e. The van der Waals surface area contributed by atoms with Gasteiger partial charge in [-0.1, -0.05) is 23.7 Å². The van der Waals surface area contributed by atoms with Crippen LogP contribution >= 0.6 is 11.6 Å². The van der Waals surface area contributed by atoms with Crippen molar-refractivity contribution in [1.82, 2.24) is 5.32 Å². The lowest BCUT2D eigenvalue weighted by atomic mass is 10.0. The molecule has 0 radical (unpaired) electrons. The quantitative estimate of drug-likeness (QED) is 0.924. The van der Waals surface area contributed by atoms with Crippen LogP contribution in [-0.4, -0.2) is 12.5 Å². The largest absolute Gasteiger partial charge is 0.488 e. The molecule has 0 fully saturated rings. The molecule has 24 heavy (non-hydrogen) atoms. The van der Waals surface area contributed by atoms with Gasteiger partial charge in [0.05, 0.1) is 23.2 Å². The van der Waals surface area contributed by atoms with Crippen LogP contribution in [0.5, 0.6) is 5.75 Å². The van der Waals surface area contributed by atoms with Crippen LogP contribution < -0.4 is 10.1 Å². The second kappa shape index (κ2) is 6.77. The summed E-state index contributed by atoms with van der Waals surface area (Å²) in [6.45, 7) is 2.12. The zero-order valence-corrected chi connectivity index (χ0v) is 13.8. The summed E-state index contributed by atoms with van der Waals surface area (Å²) in [4.78, 5) is 12.5. The highest BCUT2D eigenvalue weighted by molar-refractivity contribution is 6.30. The van der Waals surface area contributed by atoms with Crippen LogP contribution in [0.25, 0.3) is 6.08 Å². The first-order valence-electron chi connectivity index (χ1n) is 7.50.